The molecule has 0 aliphatic carbocycles. The zero-order valence-electron chi connectivity index (χ0n) is 10.7. The molecule has 18 heavy (non-hydrogen) atoms. The zero-order valence-corrected chi connectivity index (χ0v) is 11.5. The standard InChI is InChI=1S/C14H15N3S/c1-9-4-5-12(7-15)13(6-9)17-11(3)14-16-10(2)8-18-14/h4-6,8,11,17H,1-3H3. The van der Waals surface area contributed by atoms with E-state index in [0.29, 0.717) is 5.56 Å². The van der Waals surface area contributed by atoms with Gasteiger partial charge in [0.15, 0.2) is 0 Å². The summed E-state index contributed by atoms with van der Waals surface area (Å²) in [6.45, 7) is 6.06. The summed E-state index contributed by atoms with van der Waals surface area (Å²) in [5, 5.41) is 15.5. The Labute approximate surface area is 111 Å². The van der Waals surface area contributed by atoms with Gasteiger partial charge in [0.25, 0.3) is 0 Å². The molecule has 4 heteroatoms. The Morgan fingerprint density at radius 2 is 2.17 bits per heavy atom. The molecule has 0 bridgehead atoms. The first-order chi connectivity index (χ1) is 8.60. The van der Waals surface area contributed by atoms with Crippen LogP contribution in [-0.4, -0.2) is 4.98 Å². The maximum atomic E-state index is 9.09. The highest BCUT2D eigenvalue weighted by Gasteiger charge is 2.11. The van der Waals surface area contributed by atoms with Crippen molar-refractivity contribution in [3.63, 3.8) is 0 Å². The van der Waals surface area contributed by atoms with Gasteiger partial charge in [-0.2, -0.15) is 5.26 Å². The van der Waals surface area contributed by atoms with Gasteiger partial charge < -0.3 is 5.32 Å². The molecule has 1 N–H and O–H groups in total. The fourth-order valence-electron chi connectivity index (χ4n) is 1.74. The number of rotatable bonds is 3. The van der Waals surface area contributed by atoms with Gasteiger partial charge in [-0.3, -0.25) is 0 Å². The molecule has 2 aromatic rings. The molecule has 1 aromatic heterocycles. The summed E-state index contributed by atoms with van der Waals surface area (Å²) in [6, 6.07) is 8.10. The van der Waals surface area contributed by atoms with E-state index in [1.165, 1.54) is 0 Å². The number of hydrogen-bond donors (Lipinski definition) is 1. The van der Waals surface area contributed by atoms with Gasteiger partial charge >= 0.3 is 0 Å². The summed E-state index contributed by atoms with van der Waals surface area (Å²) in [7, 11) is 0. The van der Waals surface area contributed by atoms with Crippen LogP contribution in [0.25, 0.3) is 0 Å². The molecule has 1 heterocycles. The number of hydrogen-bond acceptors (Lipinski definition) is 4. The largest absolute Gasteiger partial charge is 0.375 e. The summed E-state index contributed by atoms with van der Waals surface area (Å²) in [5.74, 6) is 0. The van der Waals surface area contributed by atoms with Crippen molar-refractivity contribution in [2.45, 2.75) is 26.8 Å². The number of thiazole rings is 1. The highest BCUT2D eigenvalue weighted by molar-refractivity contribution is 7.09. The molecule has 0 radical (unpaired) electrons. The van der Waals surface area contributed by atoms with Gasteiger partial charge in [-0.05, 0) is 38.5 Å². The lowest BCUT2D eigenvalue weighted by molar-refractivity contribution is 0.863. The van der Waals surface area contributed by atoms with E-state index in [1.807, 2.05) is 37.4 Å². The van der Waals surface area contributed by atoms with Crippen LogP contribution in [0.5, 0.6) is 0 Å². The molecule has 0 aliphatic rings. The molecule has 0 saturated carbocycles. The second-order valence-corrected chi connectivity index (χ2v) is 5.24. The third-order valence-corrected chi connectivity index (χ3v) is 3.82. The monoisotopic (exact) mass is 257 g/mol. The van der Waals surface area contributed by atoms with E-state index in [4.69, 9.17) is 5.26 Å². The highest BCUT2D eigenvalue weighted by Crippen LogP contribution is 2.25. The van der Waals surface area contributed by atoms with Crippen LogP contribution in [0.3, 0.4) is 0 Å². The van der Waals surface area contributed by atoms with Crippen molar-refractivity contribution in [2.75, 3.05) is 5.32 Å². The van der Waals surface area contributed by atoms with Gasteiger partial charge in [0.05, 0.1) is 17.3 Å². The Bertz CT molecular complexity index is 595. The first kappa shape index (κ1) is 12.6. The minimum Gasteiger partial charge on any atom is -0.375 e. The maximum Gasteiger partial charge on any atom is 0.115 e. The Morgan fingerprint density at radius 3 is 2.78 bits per heavy atom. The molecule has 1 unspecified atom stereocenters. The quantitative estimate of drug-likeness (QED) is 0.909. The van der Waals surface area contributed by atoms with Crippen molar-refractivity contribution in [1.29, 1.82) is 5.26 Å². The molecule has 0 spiro atoms. The third kappa shape index (κ3) is 2.69. The molecular formula is C14H15N3S. The lowest BCUT2D eigenvalue weighted by atomic mass is 10.1. The molecule has 0 aliphatic heterocycles. The van der Waals surface area contributed by atoms with E-state index < -0.39 is 0 Å². The van der Waals surface area contributed by atoms with E-state index in [1.54, 1.807) is 11.3 Å². The minimum absolute atomic E-state index is 0.109. The second kappa shape index (κ2) is 5.19. The number of aromatic nitrogens is 1. The molecule has 92 valence electrons. The molecule has 0 saturated heterocycles. The van der Waals surface area contributed by atoms with Crippen LogP contribution in [0.15, 0.2) is 23.6 Å². The summed E-state index contributed by atoms with van der Waals surface area (Å²) in [4.78, 5) is 4.46. The predicted molar refractivity (Wildman–Crippen MR) is 74.8 cm³/mol. The fraction of sp³-hybridized carbons (Fsp3) is 0.286. The first-order valence-corrected chi connectivity index (χ1v) is 6.67. The summed E-state index contributed by atoms with van der Waals surface area (Å²) < 4.78 is 0. The van der Waals surface area contributed by atoms with Gasteiger partial charge in [-0.25, -0.2) is 4.98 Å². The predicted octanol–water partition coefficient (Wildman–Crippen LogP) is 3.80. The molecular weight excluding hydrogens is 242 g/mol. The van der Waals surface area contributed by atoms with Gasteiger partial charge in [-0.15, -0.1) is 11.3 Å². The van der Waals surface area contributed by atoms with Crippen molar-refractivity contribution in [3.8, 4) is 6.07 Å². The summed E-state index contributed by atoms with van der Waals surface area (Å²) in [5.41, 5.74) is 3.71. The van der Waals surface area contributed by atoms with Crippen LogP contribution in [-0.2, 0) is 0 Å². The van der Waals surface area contributed by atoms with Crippen molar-refractivity contribution >= 4 is 17.0 Å². The number of nitriles is 1. The number of benzene rings is 1. The average molecular weight is 257 g/mol. The Kier molecular flexibility index (Phi) is 3.63. The van der Waals surface area contributed by atoms with Gasteiger partial charge in [0, 0.05) is 11.1 Å². The minimum atomic E-state index is 0.109. The zero-order chi connectivity index (χ0) is 13.1. The maximum absolute atomic E-state index is 9.09. The molecule has 2 rings (SSSR count). The number of nitrogens with zero attached hydrogens (tertiary/aromatic N) is 2. The van der Waals surface area contributed by atoms with Crippen molar-refractivity contribution in [2.24, 2.45) is 0 Å². The average Bonchev–Trinajstić information content (AvgIpc) is 2.76. The van der Waals surface area contributed by atoms with E-state index in [0.717, 1.165) is 22.0 Å². The number of aryl methyl sites for hydroxylation is 2. The molecule has 3 nitrogen and oxygen atoms in total. The molecule has 1 aromatic carbocycles. The topological polar surface area (TPSA) is 48.7 Å². The van der Waals surface area contributed by atoms with Crippen LogP contribution in [0, 0.1) is 25.2 Å². The van der Waals surface area contributed by atoms with E-state index >= 15 is 0 Å². The van der Waals surface area contributed by atoms with Crippen molar-refractivity contribution in [1.82, 2.24) is 4.98 Å². The van der Waals surface area contributed by atoms with Gasteiger partial charge in [0.2, 0.25) is 0 Å². The van der Waals surface area contributed by atoms with E-state index in [-0.39, 0.29) is 6.04 Å². The Hall–Kier alpha value is -1.86. The van der Waals surface area contributed by atoms with Gasteiger partial charge in [-0.1, -0.05) is 6.07 Å². The first-order valence-electron chi connectivity index (χ1n) is 5.79. The Balaban J connectivity index is 2.24. The third-order valence-electron chi connectivity index (χ3n) is 2.67. The van der Waals surface area contributed by atoms with Crippen LogP contribution in [0.1, 0.15) is 34.8 Å². The van der Waals surface area contributed by atoms with E-state index in [2.05, 4.69) is 23.3 Å². The molecule has 0 amide bonds. The van der Waals surface area contributed by atoms with Crippen LogP contribution in [0.2, 0.25) is 0 Å². The smallest absolute Gasteiger partial charge is 0.115 e. The summed E-state index contributed by atoms with van der Waals surface area (Å²) >= 11 is 1.64. The SMILES string of the molecule is Cc1ccc(C#N)c(NC(C)c2nc(C)cs2)c1. The summed E-state index contributed by atoms with van der Waals surface area (Å²) in [6.07, 6.45) is 0. The van der Waals surface area contributed by atoms with Crippen LogP contribution < -0.4 is 5.32 Å². The highest BCUT2D eigenvalue weighted by atomic mass is 32.1. The number of anilines is 1. The Morgan fingerprint density at radius 1 is 1.39 bits per heavy atom. The van der Waals surface area contributed by atoms with Crippen molar-refractivity contribution < 1.29 is 0 Å². The lowest BCUT2D eigenvalue weighted by Crippen LogP contribution is -2.07. The molecule has 0 fully saturated rings. The number of nitrogens with one attached hydrogen (secondary N) is 1. The van der Waals surface area contributed by atoms with Crippen LogP contribution >= 0.6 is 11.3 Å². The normalized spacial score (nSPS) is 11.9. The van der Waals surface area contributed by atoms with E-state index in [9.17, 15) is 0 Å². The lowest BCUT2D eigenvalue weighted by Gasteiger charge is -2.14. The second-order valence-electron chi connectivity index (χ2n) is 4.35. The molecule has 1 atom stereocenters. The van der Waals surface area contributed by atoms with Crippen molar-refractivity contribution in [3.05, 3.63) is 45.4 Å². The van der Waals surface area contributed by atoms with Gasteiger partial charge in [0.1, 0.15) is 11.1 Å². The van der Waals surface area contributed by atoms with Crippen LogP contribution in [0.4, 0.5) is 5.69 Å². The fourth-order valence-corrected chi connectivity index (χ4v) is 2.54.